The summed E-state index contributed by atoms with van der Waals surface area (Å²) in [6.45, 7) is 0.585. The maximum atomic E-state index is 13.0. The van der Waals surface area contributed by atoms with Gasteiger partial charge in [-0.15, -0.1) is 0 Å². The van der Waals surface area contributed by atoms with Gasteiger partial charge in [0, 0.05) is 55.8 Å². The first-order chi connectivity index (χ1) is 11.3. The van der Waals surface area contributed by atoms with Crippen LogP contribution in [0.3, 0.4) is 0 Å². The molecule has 2 aromatic rings. The highest BCUT2D eigenvalue weighted by Crippen LogP contribution is 2.39. The first kappa shape index (κ1) is 14.4. The smallest absolute Gasteiger partial charge is 0.254 e. The van der Waals surface area contributed by atoms with Crippen molar-refractivity contribution in [2.75, 3.05) is 13.7 Å². The van der Waals surface area contributed by atoms with Crippen LogP contribution in [0.2, 0.25) is 0 Å². The fraction of sp³-hybridized carbons (Fsp3) is 0.471. The lowest BCUT2D eigenvalue weighted by molar-refractivity contribution is 0.0684. The second-order valence-electron chi connectivity index (χ2n) is 6.28. The Morgan fingerprint density at radius 2 is 2.22 bits per heavy atom. The summed E-state index contributed by atoms with van der Waals surface area (Å²) < 4.78 is 5.48. The van der Waals surface area contributed by atoms with Gasteiger partial charge in [0.25, 0.3) is 5.91 Å². The SMILES string of the molecule is CO[C@@H]1CC(c2ncc[nH]2)N(C(=O)c2ccnc(C3CC3)c2)C1. The molecule has 1 N–H and O–H groups in total. The Balaban J connectivity index is 1.61. The zero-order valence-electron chi connectivity index (χ0n) is 13.1. The van der Waals surface area contributed by atoms with E-state index in [1.165, 1.54) is 12.8 Å². The number of likely N-dealkylation sites (tertiary alicyclic amines) is 1. The number of amides is 1. The molecule has 0 bridgehead atoms. The quantitative estimate of drug-likeness (QED) is 0.940. The van der Waals surface area contributed by atoms with E-state index in [0.717, 1.165) is 17.9 Å². The Morgan fingerprint density at radius 3 is 2.91 bits per heavy atom. The highest BCUT2D eigenvalue weighted by Gasteiger charge is 2.38. The number of aromatic amines is 1. The van der Waals surface area contributed by atoms with Crippen molar-refractivity contribution >= 4 is 5.91 Å². The van der Waals surface area contributed by atoms with Crippen molar-refractivity contribution in [1.29, 1.82) is 0 Å². The summed E-state index contributed by atoms with van der Waals surface area (Å²) in [7, 11) is 1.69. The van der Waals surface area contributed by atoms with Gasteiger partial charge in [-0.05, 0) is 25.0 Å². The lowest BCUT2D eigenvalue weighted by Gasteiger charge is -2.23. The van der Waals surface area contributed by atoms with Crippen LogP contribution in [0.5, 0.6) is 0 Å². The maximum Gasteiger partial charge on any atom is 0.254 e. The van der Waals surface area contributed by atoms with Crippen molar-refractivity contribution in [3.05, 3.63) is 47.8 Å². The minimum absolute atomic E-state index is 0.0234. The van der Waals surface area contributed by atoms with Crippen LogP contribution in [-0.2, 0) is 4.74 Å². The molecule has 6 nitrogen and oxygen atoms in total. The number of carbonyl (C=O) groups excluding carboxylic acids is 1. The number of hydrogen-bond acceptors (Lipinski definition) is 4. The molecule has 2 fully saturated rings. The number of imidazole rings is 1. The number of nitrogens with one attached hydrogen (secondary N) is 1. The Morgan fingerprint density at radius 1 is 1.35 bits per heavy atom. The lowest BCUT2D eigenvalue weighted by Crippen LogP contribution is -2.32. The molecule has 4 rings (SSSR count). The van der Waals surface area contributed by atoms with Gasteiger partial charge in [0.15, 0.2) is 0 Å². The number of ether oxygens (including phenoxy) is 1. The average Bonchev–Trinajstić information content (AvgIpc) is 3.12. The molecule has 23 heavy (non-hydrogen) atoms. The normalized spacial score (nSPS) is 24.1. The molecule has 1 saturated carbocycles. The van der Waals surface area contributed by atoms with E-state index in [9.17, 15) is 4.79 Å². The summed E-state index contributed by atoms with van der Waals surface area (Å²) >= 11 is 0. The highest BCUT2D eigenvalue weighted by molar-refractivity contribution is 5.94. The molecule has 2 atom stereocenters. The van der Waals surface area contributed by atoms with Gasteiger partial charge in [-0.1, -0.05) is 0 Å². The van der Waals surface area contributed by atoms with Crippen molar-refractivity contribution < 1.29 is 9.53 Å². The third-order valence-electron chi connectivity index (χ3n) is 4.72. The summed E-state index contributed by atoms with van der Waals surface area (Å²) in [6, 6.07) is 3.67. The average molecular weight is 312 g/mol. The van der Waals surface area contributed by atoms with E-state index in [0.29, 0.717) is 18.0 Å². The molecule has 0 spiro atoms. The topological polar surface area (TPSA) is 71.1 Å². The zero-order chi connectivity index (χ0) is 15.8. The Bertz CT molecular complexity index is 696. The lowest BCUT2D eigenvalue weighted by atomic mass is 10.1. The van der Waals surface area contributed by atoms with E-state index in [-0.39, 0.29) is 18.1 Å². The first-order valence-electron chi connectivity index (χ1n) is 8.05. The monoisotopic (exact) mass is 312 g/mol. The van der Waals surface area contributed by atoms with E-state index in [1.54, 1.807) is 31.8 Å². The third-order valence-corrected chi connectivity index (χ3v) is 4.72. The second kappa shape index (κ2) is 5.77. The summed E-state index contributed by atoms with van der Waals surface area (Å²) in [5.41, 5.74) is 1.74. The fourth-order valence-electron chi connectivity index (χ4n) is 3.26. The molecule has 6 heteroatoms. The van der Waals surface area contributed by atoms with Crippen molar-refractivity contribution in [1.82, 2.24) is 19.9 Å². The summed E-state index contributed by atoms with van der Waals surface area (Å²) in [5.74, 6) is 1.37. The number of methoxy groups -OCH3 is 1. The van der Waals surface area contributed by atoms with E-state index >= 15 is 0 Å². The zero-order valence-corrected chi connectivity index (χ0v) is 13.1. The highest BCUT2D eigenvalue weighted by atomic mass is 16.5. The van der Waals surface area contributed by atoms with Gasteiger partial charge < -0.3 is 14.6 Å². The molecule has 120 valence electrons. The molecule has 0 aromatic carbocycles. The van der Waals surface area contributed by atoms with Gasteiger partial charge >= 0.3 is 0 Å². The van der Waals surface area contributed by atoms with Gasteiger partial charge in [-0.25, -0.2) is 4.98 Å². The predicted molar refractivity (Wildman–Crippen MR) is 84.0 cm³/mol. The van der Waals surface area contributed by atoms with E-state index in [2.05, 4.69) is 15.0 Å². The number of pyridine rings is 1. The molecular formula is C17H20N4O2. The number of carbonyl (C=O) groups is 1. The third kappa shape index (κ3) is 2.74. The summed E-state index contributed by atoms with van der Waals surface area (Å²) in [6.07, 6.45) is 8.40. The Labute approximate surface area is 134 Å². The van der Waals surface area contributed by atoms with Crippen molar-refractivity contribution in [2.24, 2.45) is 0 Å². The number of hydrogen-bond donors (Lipinski definition) is 1. The predicted octanol–water partition coefficient (Wildman–Crippen LogP) is 2.28. The first-order valence-corrected chi connectivity index (χ1v) is 8.05. The molecule has 0 radical (unpaired) electrons. The Kier molecular flexibility index (Phi) is 3.61. The van der Waals surface area contributed by atoms with Crippen LogP contribution >= 0.6 is 0 Å². The van der Waals surface area contributed by atoms with Crippen LogP contribution in [-0.4, -0.2) is 45.5 Å². The molecule has 3 heterocycles. The van der Waals surface area contributed by atoms with Gasteiger partial charge in [0.1, 0.15) is 5.82 Å². The van der Waals surface area contributed by atoms with Crippen LogP contribution in [0.25, 0.3) is 0 Å². The fourth-order valence-corrected chi connectivity index (χ4v) is 3.26. The summed E-state index contributed by atoms with van der Waals surface area (Å²) in [4.78, 5) is 26.7. The van der Waals surface area contributed by atoms with E-state index in [4.69, 9.17) is 4.74 Å². The van der Waals surface area contributed by atoms with Crippen molar-refractivity contribution in [3.8, 4) is 0 Å². The number of aromatic nitrogens is 3. The van der Waals surface area contributed by atoms with Crippen molar-refractivity contribution in [3.63, 3.8) is 0 Å². The molecule has 1 aliphatic heterocycles. The van der Waals surface area contributed by atoms with Crippen LogP contribution in [0.4, 0.5) is 0 Å². The van der Waals surface area contributed by atoms with Gasteiger partial charge in [0.05, 0.1) is 12.1 Å². The number of nitrogens with zero attached hydrogens (tertiary/aromatic N) is 3. The maximum absolute atomic E-state index is 13.0. The minimum Gasteiger partial charge on any atom is -0.380 e. The molecule has 2 aliphatic rings. The standard InChI is InChI=1S/C17H20N4O2/c1-23-13-9-15(16-19-6-7-20-16)21(10-13)17(22)12-4-5-18-14(8-12)11-2-3-11/h4-8,11,13,15H,2-3,9-10H2,1H3,(H,19,20)/t13-,15?/m1/s1. The van der Waals surface area contributed by atoms with Crippen molar-refractivity contribution in [2.45, 2.75) is 37.3 Å². The van der Waals surface area contributed by atoms with Gasteiger partial charge in [-0.2, -0.15) is 0 Å². The molecule has 1 saturated heterocycles. The van der Waals surface area contributed by atoms with Crippen LogP contribution in [0.15, 0.2) is 30.7 Å². The van der Waals surface area contributed by atoms with Gasteiger partial charge in [-0.3, -0.25) is 9.78 Å². The van der Waals surface area contributed by atoms with E-state index in [1.807, 2.05) is 11.0 Å². The largest absolute Gasteiger partial charge is 0.380 e. The van der Waals surface area contributed by atoms with Crippen LogP contribution in [0.1, 0.15) is 53.1 Å². The van der Waals surface area contributed by atoms with Gasteiger partial charge in [0.2, 0.25) is 0 Å². The number of H-pyrrole nitrogens is 1. The van der Waals surface area contributed by atoms with Crippen LogP contribution in [0, 0.1) is 0 Å². The Hall–Kier alpha value is -2.21. The number of rotatable bonds is 4. The molecule has 1 amide bonds. The minimum atomic E-state index is -0.0695. The molecular weight excluding hydrogens is 292 g/mol. The summed E-state index contributed by atoms with van der Waals surface area (Å²) in [5, 5.41) is 0. The molecule has 1 aliphatic carbocycles. The second-order valence-corrected chi connectivity index (χ2v) is 6.28. The molecule has 2 aromatic heterocycles. The van der Waals surface area contributed by atoms with Crippen LogP contribution < -0.4 is 0 Å². The molecule has 1 unspecified atom stereocenters. The van der Waals surface area contributed by atoms with E-state index < -0.39 is 0 Å².